The number of hydrogen-bond donors (Lipinski definition) is 1. The summed E-state index contributed by atoms with van der Waals surface area (Å²) in [4.78, 5) is 34.4. The van der Waals surface area contributed by atoms with E-state index in [4.69, 9.17) is 9.47 Å². The van der Waals surface area contributed by atoms with Crippen LogP contribution in [-0.4, -0.2) is 30.0 Å². The molecule has 148 valence electrons. The van der Waals surface area contributed by atoms with E-state index in [0.717, 1.165) is 18.4 Å². The summed E-state index contributed by atoms with van der Waals surface area (Å²) in [6.45, 7) is 3.76. The van der Waals surface area contributed by atoms with E-state index >= 15 is 0 Å². The molecule has 0 bridgehead atoms. The average Bonchev–Trinajstić information content (AvgIpc) is 2.67. The maximum atomic E-state index is 12.0. The van der Waals surface area contributed by atoms with E-state index in [1.807, 2.05) is 6.92 Å². The third-order valence-electron chi connectivity index (χ3n) is 3.81. The number of nitrogens with zero attached hydrogens (tertiary/aromatic N) is 1. The van der Waals surface area contributed by atoms with Crippen molar-refractivity contribution in [1.29, 1.82) is 0 Å². The van der Waals surface area contributed by atoms with Gasteiger partial charge in [0.1, 0.15) is 0 Å². The molecule has 0 fully saturated rings. The number of ether oxygens (including phenoxy) is 2. The molecule has 2 rings (SSSR count). The second-order valence-corrected chi connectivity index (χ2v) is 6.13. The zero-order valence-corrected chi connectivity index (χ0v) is 15.8. The molecule has 0 radical (unpaired) electrons. The highest BCUT2D eigenvalue weighted by molar-refractivity contribution is 5.93. The fourth-order valence-corrected chi connectivity index (χ4v) is 2.31. The SMILES string of the molecule is CCCCOC(=O)c1ccc(NC(=O)COc2cc(C)ccc2[N+](=O)[O-])cc1. The summed E-state index contributed by atoms with van der Waals surface area (Å²) < 4.78 is 10.4. The lowest BCUT2D eigenvalue weighted by Gasteiger charge is -2.09. The molecular weight excluding hydrogens is 364 g/mol. The molecule has 2 aromatic rings. The molecule has 0 aromatic heterocycles. The zero-order valence-electron chi connectivity index (χ0n) is 15.8. The number of nitro groups is 1. The van der Waals surface area contributed by atoms with Crippen LogP contribution in [0.5, 0.6) is 5.75 Å². The van der Waals surface area contributed by atoms with Crippen molar-refractivity contribution in [2.24, 2.45) is 0 Å². The van der Waals surface area contributed by atoms with Crippen LogP contribution in [0.3, 0.4) is 0 Å². The van der Waals surface area contributed by atoms with Gasteiger partial charge in [-0.1, -0.05) is 19.4 Å². The van der Waals surface area contributed by atoms with Crippen LogP contribution in [0.4, 0.5) is 11.4 Å². The largest absolute Gasteiger partial charge is 0.477 e. The first-order valence-corrected chi connectivity index (χ1v) is 8.85. The first-order chi connectivity index (χ1) is 13.4. The van der Waals surface area contributed by atoms with Gasteiger partial charge in [-0.3, -0.25) is 14.9 Å². The van der Waals surface area contributed by atoms with E-state index in [-0.39, 0.29) is 18.0 Å². The Kier molecular flexibility index (Phi) is 7.50. The maximum absolute atomic E-state index is 12.0. The van der Waals surface area contributed by atoms with Gasteiger partial charge in [-0.15, -0.1) is 0 Å². The number of anilines is 1. The normalized spacial score (nSPS) is 10.2. The van der Waals surface area contributed by atoms with E-state index in [9.17, 15) is 19.7 Å². The fourth-order valence-electron chi connectivity index (χ4n) is 2.31. The van der Waals surface area contributed by atoms with Crippen LogP contribution in [0, 0.1) is 17.0 Å². The molecule has 0 aliphatic rings. The number of unbranched alkanes of at least 4 members (excludes halogenated alkanes) is 1. The second-order valence-electron chi connectivity index (χ2n) is 6.13. The molecule has 8 heteroatoms. The van der Waals surface area contributed by atoms with Crippen molar-refractivity contribution in [2.75, 3.05) is 18.5 Å². The Hall–Kier alpha value is -3.42. The van der Waals surface area contributed by atoms with Crippen LogP contribution in [0.1, 0.15) is 35.7 Å². The second kappa shape index (κ2) is 10.1. The number of carbonyl (C=O) groups excluding carboxylic acids is 2. The first kappa shape index (κ1) is 20.9. The summed E-state index contributed by atoms with van der Waals surface area (Å²) in [6, 6.07) is 10.7. The molecular formula is C20H22N2O6. The molecule has 0 atom stereocenters. The highest BCUT2D eigenvalue weighted by atomic mass is 16.6. The number of rotatable bonds is 9. The van der Waals surface area contributed by atoms with Crippen molar-refractivity contribution in [1.82, 2.24) is 0 Å². The number of aryl methyl sites for hydroxylation is 1. The third kappa shape index (κ3) is 6.08. The molecule has 0 heterocycles. The van der Waals surface area contributed by atoms with Gasteiger partial charge in [-0.2, -0.15) is 0 Å². The molecule has 0 saturated carbocycles. The Labute approximate surface area is 162 Å². The zero-order chi connectivity index (χ0) is 20.5. The molecule has 2 aromatic carbocycles. The van der Waals surface area contributed by atoms with Gasteiger partial charge in [0.15, 0.2) is 12.4 Å². The van der Waals surface area contributed by atoms with Crippen LogP contribution in [-0.2, 0) is 9.53 Å². The van der Waals surface area contributed by atoms with Crippen molar-refractivity contribution >= 4 is 23.3 Å². The number of amides is 1. The fraction of sp³-hybridized carbons (Fsp3) is 0.300. The third-order valence-corrected chi connectivity index (χ3v) is 3.81. The lowest BCUT2D eigenvalue weighted by Crippen LogP contribution is -2.20. The Morgan fingerprint density at radius 2 is 1.86 bits per heavy atom. The lowest BCUT2D eigenvalue weighted by atomic mass is 10.2. The van der Waals surface area contributed by atoms with Crippen molar-refractivity contribution in [3.05, 3.63) is 63.7 Å². The summed E-state index contributed by atoms with van der Waals surface area (Å²) in [6.07, 6.45) is 1.74. The Balaban J connectivity index is 1.91. The summed E-state index contributed by atoms with van der Waals surface area (Å²) in [5.74, 6) is -0.860. The van der Waals surface area contributed by atoms with Crippen LogP contribution in [0.15, 0.2) is 42.5 Å². The van der Waals surface area contributed by atoms with E-state index in [0.29, 0.717) is 17.9 Å². The number of esters is 1. The van der Waals surface area contributed by atoms with Gasteiger partial charge in [0.2, 0.25) is 0 Å². The van der Waals surface area contributed by atoms with Crippen molar-refractivity contribution in [3.63, 3.8) is 0 Å². The van der Waals surface area contributed by atoms with Crippen LogP contribution in [0.2, 0.25) is 0 Å². The average molecular weight is 386 g/mol. The number of nitrogens with one attached hydrogen (secondary N) is 1. The molecule has 28 heavy (non-hydrogen) atoms. The number of nitro benzene ring substituents is 1. The summed E-state index contributed by atoms with van der Waals surface area (Å²) >= 11 is 0. The number of benzene rings is 2. The molecule has 0 aliphatic heterocycles. The van der Waals surface area contributed by atoms with Gasteiger partial charge in [0, 0.05) is 11.8 Å². The van der Waals surface area contributed by atoms with Crippen LogP contribution in [0.25, 0.3) is 0 Å². The van der Waals surface area contributed by atoms with Crippen LogP contribution < -0.4 is 10.1 Å². The number of carbonyl (C=O) groups is 2. The van der Waals surface area contributed by atoms with Gasteiger partial charge >= 0.3 is 11.7 Å². The predicted octanol–water partition coefficient (Wildman–Crippen LogP) is 3.88. The summed E-state index contributed by atoms with van der Waals surface area (Å²) in [5, 5.41) is 13.6. The van der Waals surface area contributed by atoms with Gasteiger partial charge in [0.05, 0.1) is 17.1 Å². The number of hydrogen-bond acceptors (Lipinski definition) is 6. The Bertz CT molecular complexity index is 848. The van der Waals surface area contributed by atoms with Gasteiger partial charge < -0.3 is 14.8 Å². The predicted molar refractivity (Wildman–Crippen MR) is 104 cm³/mol. The molecule has 0 aliphatic carbocycles. The minimum absolute atomic E-state index is 0.0327. The van der Waals surface area contributed by atoms with E-state index in [1.54, 1.807) is 37.3 Å². The lowest BCUT2D eigenvalue weighted by molar-refractivity contribution is -0.385. The highest BCUT2D eigenvalue weighted by Crippen LogP contribution is 2.27. The molecule has 8 nitrogen and oxygen atoms in total. The smallest absolute Gasteiger partial charge is 0.338 e. The summed E-state index contributed by atoms with van der Waals surface area (Å²) in [7, 11) is 0. The summed E-state index contributed by atoms with van der Waals surface area (Å²) in [5.41, 5.74) is 1.44. The first-order valence-electron chi connectivity index (χ1n) is 8.85. The molecule has 0 saturated heterocycles. The van der Waals surface area contributed by atoms with E-state index in [2.05, 4.69) is 5.32 Å². The maximum Gasteiger partial charge on any atom is 0.338 e. The topological polar surface area (TPSA) is 108 Å². The van der Waals surface area contributed by atoms with Gasteiger partial charge in [-0.05, 0) is 49.2 Å². The monoisotopic (exact) mass is 386 g/mol. The van der Waals surface area contributed by atoms with E-state index < -0.39 is 16.8 Å². The molecule has 0 unspecified atom stereocenters. The molecule has 0 spiro atoms. The standard InChI is InChI=1S/C20H22N2O6/c1-3-4-11-27-20(24)15-6-8-16(9-7-15)21-19(23)13-28-18-12-14(2)5-10-17(18)22(25)26/h5-10,12H,3-4,11,13H2,1-2H3,(H,21,23). The van der Waals surface area contributed by atoms with Gasteiger partial charge in [-0.25, -0.2) is 4.79 Å². The van der Waals surface area contributed by atoms with E-state index in [1.165, 1.54) is 12.1 Å². The van der Waals surface area contributed by atoms with Crippen LogP contribution >= 0.6 is 0 Å². The Morgan fingerprint density at radius 1 is 1.14 bits per heavy atom. The van der Waals surface area contributed by atoms with Crippen molar-refractivity contribution < 1.29 is 24.0 Å². The van der Waals surface area contributed by atoms with Gasteiger partial charge in [0.25, 0.3) is 5.91 Å². The minimum Gasteiger partial charge on any atom is -0.477 e. The van der Waals surface area contributed by atoms with Crippen molar-refractivity contribution in [2.45, 2.75) is 26.7 Å². The molecule has 1 N–H and O–H groups in total. The Morgan fingerprint density at radius 3 is 2.50 bits per heavy atom. The molecule has 1 amide bonds. The van der Waals surface area contributed by atoms with Crippen molar-refractivity contribution in [3.8, 4) is 5.75 Å². The quantitative estimate of drug-likeness (QED) is 0.303. The minimum atomic E-state index is -0.564. The highest BCUT2D eigenvalue weighted by Gasteiger charge is 2.16.